The summed E-state index contributed by atoms with van der Waals surface area (Å²) < 4.78 is 0.922. The fourth-order valence-corrected chi connectivity index (χ4v) is 3.43. The van der Waals surface area contributed by atoms with Crippen molar-refractivity contribution in [2.75, 3.05) is 13.1 Å². The molecular formula is C15H20BrNO3. The number of aliphatic carboxylic acids is 1. The van der Waals surface area contributed by atoms with E-state index >= 15 is 0 Å². The van der Waals surface area contributed by atoms with Crippen LogP contribution in [-0.2, 0) is 4.79 Å². The molecule has 0 aromatic heterocycles. The second-order valence-corrected chi connectivity index (χ2v) is 6.42. The van der Waals surface area contributed by atoms with Crippen LogP contribution in [-0.4, -0.2) is 34.2 Å². The van der Waals surface area contributed by atoms with Gasteiger partial charge in [-0.25, -0.2) is 0 Å². The molecule has 2 N–H and O–H groups in total. The lowest BCUT2D eigenvalue weighted by molar-refractivity contribution is -0.142. The van der Waals surface area contributed by atoms with Crippen molar-refractivity contribution in [1.29, 1.82) is 0 Å². The maximum absolute atomic E-state index is 11.2. The van der Waals surface area contributed by atoms with Crippen molar-refractivity contribution < 1.29 is 15.0 Å². The Hall–Kier alpha value is -1.07. The molecule has 1 unspecified atom stereocenters. The molecule has 1 heterocycles. The Morgan fingerprint density at radius 3 is 2.75 bits per heavy atom. The van der Waals surface area contributed by atoms with E-state index in [9.17, 15) is 15.0 Å². The number of hydrogen-bond donors (Lipinski definition) is 2. The fraction of sp³-hybridized carbons (Fsp3) is 0.533. The van der Waals surface area contributed by atoms with Gasteiger partial charge >= 0.3 is 5.97 Å². The van der Waals surface area contributed by atoms with E-state index in [1.165, 1.54) is 0 Å². The lowest BCUT2D eigenvalue weighted by Crippen LogP contribution is -2.27. The molecule has 1 aliphatic heterocycles. The Bertz CT molecular complexity index is 506. The van der Waals surface area contributed by atoms with E-state index in [0.717, 1.165) is 23.0 Å². The zero-order valence-corrected chi connectivity index (χ0v) is 13.3. The van der Waals surface area contributed by atoms with Crippen LogP contribution in [0.25, 0.3) is 0 Å². The molecule has 110 valence electrons. The first-order valence-electron chi connectivity index (χ1n) is 6.89. The number of likely N-dealkylation sites (tertiary alicyclic amines) is 1. The number of phenols is 1. The smallest absolute Gasteiger partial charge is 0.308 e. The number of carboxylic acids is 1. The maximum Gasteiger partial charge on any atom is 0.308 e. The van der Waals surface area contributed by atoms with E-state index in [0.29, 0.717) is 6.54 Å². The molecule has 0 saturated carbocycles. The average Bonchev–Trinajstić information content (AvgIpc) is 2.76. The minimum Gasteiger partial charge on any atom is -0.508 e. The molecule has 1 aromatic rings. The first-order valence-corrected chi connectivity index (χ1v) is 7.68. The van der Waals surface area contributed by atoms with Gasteiger partial charge in [0.1, 0.15) is 5.75 Å². The van der Waals surface area contributed by atoms with Gasteiger partial charge in [-0.2, -0.15) is 0 Å². The molecule has 1 aromatic carbocycles. The monoisotopic (exact) mass is 341 g/mol. The number of aromatic hydroxyl groups is 1. The molecule has 1 saturated heterocycles. The normalized spacial score (nSPS) is 24.8. The molecule has 3 atom stereocenters. The van der Waals surface area contributed by atoms with Crippen LogP contribution in [0.5, 0.6) is 5.75 Å². The van der Waals surface area contributed by atoms with Crippen molar-refractivity contribution in [3.05, 3.63) is 28.2 Å². The fourth-order valence-electron chi connectivity index (χ4n) is 3.05. The van der Waals surface area contributed by atoms with Gasteiger partial charge in [-0.05, 0) is 30.5 Å². The van der Waals surface area contributed by atoms with Gasteiger partial charge in [-0.1, -0.05) is 29.8 Å². The lowest BCUT2D eigenvalue weighted by Gasteiger charge is -2.28. The number of halogens is 1. The van der Waals surface area contributed by atoms with E-state index in [2.05, 4.69) is 27.8 Å². The summed E-state index contributed by atoms with van der Waals surface area (Å²) in [5.41, 5.74) is 0.861. The number of carbonyl (C=O) groups is 1. The van der Waals surface area contributed by atoms with Gasteiger partial charge in [-0.3, -0.25) is 9.69 Å². The molecule has 1 fully saturated rings. The topological polar surface area (TPSA) is 60.8 Å². The summed E-state index contributed by atoms with van der Waals surface area (Å²) in [6.07, 6.45) is 0.836. The Labute approximate surface area is 127 Å². The van der Waals surface area contributed by atoms with Crippen LogP contribution in [0.1, 0.15) is 31.9 Å². The van der Waals surface area contributed by atoms with Crippen molar-refractivity contribution in [2.24, 2.45) is 11.8 Å². The van der Waals surface area contributed by atoms with E-state index in [1.54, 1.807) is 12.1 Å². The first kappa shape index (κ1) is 15.3. The highest BCUT2D eigenvalue weighted by Gasteiger charge is 2.38. The van der Waals surface area contributed by atoms with Gasteiger partial charge in [0.2, 0.25) is 0 Å². The van der Waals surface area contributed by atoms with Crippen molar-refractivity contribution in [3.63, 3.8) is 0 Å². The van der Waals surface area contributed by atoms with E-state index in [1.807, 2.05) is 13.0 Å². The van der Waals surface area contributed by atoms with Gasteiger partial charge < -0.3 is 10.2 Å². The summed E-state index contributed by atoms with van der Waals surface area (Å²) >= 11 is 3.43. The summed E-state index contributed by atoms with van der Waals surface area (Å²) in [7, 11) is 0. The van der Waals surface area contributed by atoms with Crippen LogP contribution < -0.4 is 0 Å². The highest BCUT2D eigenvalue weighted by molar-refractivity contribution is 9.10. The summed E-state index contributed by atoms with van der Waals surface area (Å²) in [4.78, 5) is 13.4. The number of phenolic OH excluding ortho intramolecular Hbond substituents is 1. The Morgan fingerprint density at radius 2 is 2.20 bits per heavy atom. The Kier molecular flexibility index (Phi) is 4.70. The minimum absolute atomic E-state index is 0.0549. The molecular weight excluding hydrogens is 322 g/mol. The molecule has 1 aliphatic rings. The molecule has 0 spiro atoms. The predicted octanol–water partition coefficient (Wildman–Crippen LogP) is 3.26. The molecule has 20 heavy (non-hydrogen) atoms. The predicted molar refractivity (Wildman–Crippen MR) is 80.7 cm³/mol. The number of carboxylic acid groups (broad SMARTS) is 1. The van der Waals surface area contributed by atoms with Gasteiger partial charge in [0.05, 0.1) is 5.92 Å². The highest BCUT2D eigenvalue weighted by Crippen LogP contribution is 2.37. The van der Waals surface area contributed by atoms with Gasteiger partial charge in [0.25, 0.3) is 0 Å². The van der Waals surface area contributed by atoms with Crippen molar-refractivity contribution in [2.45, 2.75) is 26.3 Å². The van der Waals surface area contributed by atoms with Crippen molar-refractivity contribution >= 4 is 21.9 Å². The standard InChI is InChI=1S/C15H20BrNO3/c1-3-13(11-6-10(16)4-5-14(11)18)17-7-9(2)12(8-17)15(19)20/h4-6,9,12-13,18H,3,7-8H2,1-2H3,(H,19,20)/t9-,12-,13?/m1/s1. The second kappa shape index (κ2) is 6.14. The average molecular weight is 342 g/mol. The number of hydrogen-bond acceptors (Lipinski definition) is 3. The van der Waals surface area contributed by atoms with E-state index < -0.39 is 5.97 Å². The molecule has 5 heteroatoms. The largest absolute Gasteiger partial charge is 0.508 e. The molecule has 0 bridgehead atoms. The van der Waals surface area contributed by atoms with Crippen LogP contribution in [0.4, 0.5) is 0 Å². The summed E-state index contributed by atoms with van der Waals surface area (Å²) in [5.74, 6) is -0.644. The zero-order valence-electron chi connectivity index (χ0n) is 11.7. The second-order valence-electron chi connectivity index (χ2n) is 5.50. The molecule has 4 nitrogen and oxygen atoms in total. The van der Waals surface area contributed by atoms with Crippen LogP contribution in [0.3, 0.4) is 0 Å². The van der Waals surface area contributed by atoms with Crippen LogP contribution in [0, 0.1) is 11.8 Å². The summed E-state index contributed by atoms with van der Waals surface area (Å²) in [5, 5.41) is 19.3. The minimum atomic E-state index is -0.728. The highest BCUT2D eigenvalue weighted by atomic mass is 79.9. The maximum atomic E-state index is 11.2. The molecule has 2 rings (SSSR count). The summed E-state index contributed by atoms with van der Waals surface area (Å²) in [6, 6.07) is 5.45. The summed E-state index contributed by atoms with van der Waals surface area (Å²) in [6.45, 7) is 5.33. The number of rotatable bonds is 4. The van der Waals surface area contributed by atoms with Crippen LogP contribution >= 0.6 is 15.9 Å². The van der Waals surface area contributed by atoms with Crippen molar-refractivity contribution in [1.82, 2.24) is 4.90 Å². The Balaban J connectivity index is 2.25. The SMILES string of the molecule is CCC(c1cc(Br)ccc1O)N1C[C@@H](C)[C@H](C(=O)O)C1. The van der Waals surface area contributed by atoms with E-state index in [4.69, 9.17) is 0 Å². The molecule has 0 radical (unpaired) electrons. The van der Waals surface area contributed by atoms with Crippen LogP contribution in [0.2, 0.25) is 0 Å². The zero-order chi connectivity index (χ0) is 14.9. The molecule has 0 aliphatic carbocycles. The van der Waals surface area contributed by atoms with Gasteiger partial charge in [0.15, 0.2) is 0 Å². The number of benzene rings is 1. The van der Waals surface area contributed by atoms with Crippen molar-refractivity contribution in [3.8, 4) is 5.75 Å². The molecule has 0 amide bonds. The quantitative estimate of drug-likeness (QED) is 0.882. The van der Waals surface area contributed by atoms with E-state index in [-0.39, 0.29) is 23.6 Å². The third-order valence-electron chi connectivity index (χ3n) is 4.13. The van der Waals surface area contributed by atoms with Gasteiger partial charge in [0, 0.05) is 29.2 Å². The van der Waals surface area contributed by atoms with Gasteiger partial charge in [-0.15, -0.1) is 0 Å². The first-order chi connectivity index (χ1) is 9.43. The Morgan fingerprint density at radius 1 is 1.50 bits per heavy atom. The third-order valence-corrected chi connectivity index (χ3v) is 4.63. The van der Waals surface area contributed by atoms with Crippen LogP contribution in [0.15, 0.2) is 22.7 Å². The lowest BCUT2D eigenvalue weighted by atomic mass is 9.99. The third kappa shape index (κ3) is 2.99. The number of nitrogens with zero attached hydrogens (tertiary/aromatic N) is 1.